The van der Waals surface area contributed by atoms with Crippen molar-refractivity contribution in [2.24, 2.45) is 4.99 Å². The molecule has 5 heteroatoms. The van der Waals surface area contributed by atoms with Gasteiger partial charge in [-0.05, 0) is 47.0 Å². The zero-order valence-electron chi connectivity index (χ0n) is 11.0. The molecular formula is C14H19BrFN3. The van der Waals surface area contributed by atoms with Crippen LogP contribution in [0.2, 0.25) is 0 Å². The number of nitrogens with one attached hydrogen (secondary N) is 2. The molecule has 0 aliphatic carbocycles. The number of guanidine groups is 1. The van der Waals surface area contributed by atoms with Gasteiger partial charge in [0.15, 0.2) is 5.96 Å². The predicted molar refractivity (Wildman–Crippen MR) is 82.0 cm³/mol. The van der Waals surface area contributed by atoms with Gasteiger partial charge in [-0.15, -0.1) is 6.58 Å². The fourth-order valence-corrected chi connectivity index (χ4v) is 1.93. The van der Waals surface area contributed by atoms with E-state index >= 15 is 0 Å². The monoisotopic (exact) mass is 327 g/mol. The van der Waals surface area contributed by atoms with Crippen LogP contribution in [0.1, 0.15) is 12.5 Å². The summed E-state index contributed by atoms with van der Waals surface area (Å²) in [6.07, 6.45) is 2.55. The molecule has 1 aromatic rings. The number of benzene rings is 1. The second-order valence-corrected chi connectivity index (χ2v) is 4.78. The molecule has 1 rings (SSSR count). The lowest BCUT2D eigenvalue weighted by Gasteiger charge is -2.09. The summed E-state index contributed by atoms with van der Waals surface area (Å²) < 4.78 is 13.6. The van der Waals surface area contributed by atoms with E-state index in [0.29, 0.717) is 17.6 Å². The Kier molecular flexibility index (Phi) is 7.18. The van der Waals surface area contributed by atoms with Crippen molar-refractivity contribution < 1.29 is 4.39 Å². The molecule has 0 saturated heterocycles. The molecule has 0 radical (unpaired) electrons. The maximum Gasteiger partial charge on any atom is 0.191 e. The second-order valence-electron chi connectivity index (χ2n) is 3.93. The number of aliphatic imine (C=N–C) groups is 1. The minimum Gasteiger partial charge on any atom is -0.357 e. The molecule has 0 spiro atoms. The van der Waals surface area contributed by atoms with Crippen LogP contribution in [0.3, 0.4) is 0 Å². The number of hydrogen-bond donors (Lipinski definition) is 2. The third-order valence-electron chi connectivity index (χ3n) is 2.41. The molecule has 0 amide bonds. The number of hydrogen-bond acceptors (Lipinski definition) is 1. The Labute approximate surface area is 122 Å². The normalized spacial score (nSPS) is 11.2. The molecule has 0 fully saturated rings. The summed E-state index contributed by atoms with van der Waals surface area (Å²) in [5.74, 6) is 0.525. The first-order valence-corrected chi connectivity index (χ1v) is 7.03. The zero-order chi connectivity index (χ0) is 14.1. The summed E-state index contributed by atoms with van der Waals surface area (Å²) in [4.78, 5) is 4.44. The van der Waals surface area contributed by atoms with Gasteiger partial charge in [-0.1, -0.05) is 12.1 Å². The standard InChI is InChI=1S/C14H19BrFN3/c1-3-8-18-14(17-4-2)19-9-7-11-5-6-13(16)12(15)10-11/h3,5-6,10H,1,4,7-9H2,2H3,(H2,17,18,19). The Bertz CT molecular complexity index is 446. The summed E-state index contributed by atoms with van der Waals surface area (Å²) in [5, 5.41) is 6.27. The average Bonchev–Trinajstić information content (AvgIpc) is 2.40. The molecule has 2 N–H and O–H groups in total. The van der Waals surface area contributed by atoms with Crippen LogP contribution in [0.4, 0.5) is 4.39 Å². The molecule has 0 saturated carbocycles. The SMILES string of the molecule is C=CCNC(=NCCc1ccc(F)c(Br)c1)NCC. The molecule has 3 nitrogen and oxygen atoms in total. The van der Waals surface area contributed by atoms with Crippen molar-refractivity contribution in [2.45, 2.75) is 13.3 Å². The van der Waals surface area contributed by atoms with Crippen LogP contribution < -0.4 is 10.6 Å². The summed E-state index contributed by atoms with van der Waals surface area (Å²) in [6.45, 7) is 7.80. The Hall–Kier alpha value is -1.36. The Morgan fingerprint density at radius 2 is 2.26 bits per heavy atom. The molecule has 0 aliphatic rings. The van der Waals surface area contributed by atoms with Gasteiger partial charge < -0.3 is 10.6 Å². The highest BCUT2D eigenvalue weighted by Gasteiger charge is 2.00. The van der Waals surface area contributed by atoms with Crippen LogP contribution >= 0.6 is 15.9 Å². The number of halogens is 2. The van der Waals surface area contributed by atoms with Crippen molar-refractivity contribution in [2.75, 3.05) is 19.6 Å². The van der Waals surface area contributed by atoms with Crippen molar-refractivity contribution in [3.63, 3.8) is 0 Å². The van der Waals surface area contributed by atoms with E-state index in [1.807, 2.05) is 6.92 Å². The van der Waals surface area contributed by atoms with E-state index in [0.717, 1.165) is 24.5 Å². The van der Waals surface area contributed by atoms with Gasteiger partial charge in [-0.3, -0.25) is 4.99 Å². The first kappa shape index (κ1) is 15.7. The fourth-order valence-electron chi connectivity index (χ4n) is 1.50. The summed E-state index contributed by atoms with van der Waals surface area (Å²) in [7, 11) is 0. The first-order chi connectivity index (χ1) is 9.17. The summed E-state index contributed by atoms with van der Waals surface area (Å²) in [6, 6.07) is 5.03. The quantitative estimate of drug-likeness (QED) is 0.479. The van der Waals surface area contributed by atoms with E-state index in [1.165, 1.54) is 6.07 Å². The van der Waals surface area contributed by atoms with Gasteiger partial charge >= 0.3 is 0 Å². The lowest BCUT2D eigenvalue weighted by atomic mass is 10.1. The highest BCUT2D eigenvalue weighted by molar-refractivity contribution is 9.10. The molecule has 0 aliphatic heterocycles. The van der Waals surface area contributed by atoms with Crippen LogP contribution in [-0.2, 0) is 6.42 Å². The maximum absolute atomic E-state index is 13.1. The Balaban J connectivity index is 2.53. The van der Waals surface area contributed by atoms with Crippen LogP contribution in [0.15, 0.2) is 40.3 Å². The first-order valence-electron chi connectivity index (χ1n) is 6.24. The molecule has 0 aromatic heterocycles. The molecule has 0 bridgehead atoms. The van der Waals surface area contributed by atoms with Gasteiger partial charge in [-0.25, -0.2) is 4.39 Å². The van der Waals surface area contributed by atoms with Crippen molar-refractivity contribution in [3.05, 3.63) is 46.7 Å². The Morgan fingerprint density at radius 3 is 2.89 bits per heavy atom. The minimum atomic E-state index is -0.242. The fraction of sp³-hybridized carbons (Fsp3) is 0.357. The largest absolute Gasteiger partial charge is 0.357 e. The van der Waals surface area contributed by atoms with E-state index < -0.39 is 0 Å². The molecule has 0 heterocycles. The third kappa shape index (κ3) is 5.87. The van der Waals surface area contributed by atoms with Gasteiger partial charge in [0, 0.05) is 19.6 Å². The highest BCUT2D eigenvalue weighted by atomic mass is 79.9. The van der Waals surface area contributed by atoms with Gasteiger partial charge in [0.25, 0.3) is 0 Å². The van der Waals surface area contributed by atoms with Gasteiger partial charge in [0.1, 0.15) is 5.82 Å². The van der Waals surface area contributed by atoms with E-state index in [2.05, 4.69) is 38.1 Å². The zero-order valence-corrected chi connectivity index (χ0v) is 12.6. The van der Waals surface area contributed by atoms with Crippen molar-refractivity contribution >= 4 is 21.9 Å². The molecule has 104 valence electrons. The van der Waals surface area contributed by atoms with E-state index in [4.69, 9.17) is 0 Å². The van der Waals surface area contributed by atoms with E-state index in [-0.39, 0.29) is 5.82 Å². The van der Waals surface area contributed by atoms with Crippen LogP contribution in [0.5, 0.6) is 0 Å². The van der Waals surface area contributed by atoms with Crippen molar-refractivity contribution in [1.29, 1.82) is 0 Å². The van der Waals surface area contributed by atoms with Crippen molar-refractivity contribution in [1.82, 2.24) is 10.6 Å². The van der Waals surface area contributed by atoms with Crippen molar-refractivity contribution in [3.8, 4) is 0 Å². The van der Waals surface area contributed by atoms with Crippen LogP contribution in [0, 0.1) is 5.82 Å². The lowest BCUT2D eigenvalue weighted by molar-refractivity contribution is 0.620. The molecular weight excluding hydrogens is 309 g/mol. The minimum absolute atomic E-state index is 0.242. The smallest absolute Gasteiger partial charge is 0.191 e. The average molecular weight is 328 g/mol. The topological polar surface area (TPSA) is 36.4 Å². The van der Waals surface area contributed by atoms with Gasteiger partial charge in [-0.2, -0.15) is 0 Å². The molecule has 1 aromatic carbocycles. The van der Waals surface area contributed by atoms with E-state index in [9.17, 15) is 4.39 Å². The number of rotatable bonds is 6. The highest BCUT2D eigenvalue weighted by Crippen LogP contribution is 2.17. The maximum atomic E-state index is 13.1. The second kappa shape index (κ2) is 8.69. The van der Waals surface area contributed by atoms with E-state index in [1.54, 1.807) is 18.2 Å². The third-order valence-corrected chi connectivity index (χ3v) is 3.02. The van der Waals surface area contributed by atoms with Gasteiger partial charge in [0.2, 0.25) is 0 Å². The van der Waals surface area contributed by atoms with Gasteiger partial charge in [0.05, 0.1) is 4.47 Å². The molecule has 0 unspecified atom stereocenters. The van der Waals surface area contributed by atoms with Crippen LogP contribution in [-0.4, -0.2) is 25.6 Å². The molecule has 0 atom stereocenters. The molecule has 19 heavy (non-hydrogen) atoms. The lowest BCUT2D eigenvalue weighted by Crippen LogP contribution is -2.37. The predicted octanol–water partition coefficient (Wildman–Crippen LogP) is 2.87. The number of nitrogens with zero attached hydrogens (tertiary/aromatic N) is 1. The summed E-state index contributed by atoms with van der Waals surface area (Å²) >= 11 is 3.18. The summed E-state index contributed by atoms with van der Waals surface area (Å²) in [5.41, 5.74) is 1.05. The van der Waals surface area contributed by atoms with Crippen LogP contribution in [0.25, 0.3) is 0 Å². The Morgan fingerprint density at radius 1 is 1.47 bits per heavy atom.